The Hall–Kier alpha value is -0.860. The fourth-order valence-electron chi connectivity index (χ4n) is 1.44. The molecule has 0 radical (unpaired) electrons. The number of nitrogens with one attached hydrogen (secondary N) is 2. The molecule has 0 spiro atoms. The summed E-state index contributed by atoms with van der Waals surface area (Å²) in [5.41, 5.74) is 1.47. The molecule has 0 saturated heterocycles. The van der Waals surface area contributed by atoms with Gasteiger partial charge >= 0.3 is 0 Å². The molecule has 0 bridgehead atoms. The lowest BCUT2D eigenvalue weighted by Crippen LogP contribution is -2.46. The maximum Gasteiger partial charge on any atom is 0.0252 e. The van der Waals surface area contributed by atoms with Crippen molar-refractivity contribution in [2.24, 2.45) is 0 Å². The molecule has 0 saturated carbocycles. The summed E-state index contributed by atoms with van der Waals surface area (Å²) in [6.45, 7) is 6.30. The minimum Gasteiger partial charge on any atom is -0.318 e. The summed E-state index contributed by atoms with van der Waals surface area (Å²) in [7, 11) is 1.98. The third-order valence-electron chi connectivity index (χ3n) is 2.23. The van der Waals surface area contributed by atoms with Crippen molar-refractivity contribution in [3.8, 4) is 0 Å². The molecule has 0 amide bonds. The quantitative estimate of drug-likeness (QED) is 0.743. The Balaban J connectivity index is 2.40. The zero-order valence-electron chi connectivity index (χ0n) is 9.30. The lowest BCUT2D eigenvalue weighted by molar-refractivity contribution is 0.374. The van der Waals surface area contributed by atoms with Gasteiger partial charge in [0.2, 0.25) is 0 Å². The van der Waals surface area contributed by atoms with Crippen LogP contribution in [0.15, 0.2) is 30.3 Å². The molecule has 0 heterocycles. The molecule has 0 aliphatic heterocycles. The highest BCUT2D eigenvalue weighted by molar-refractivity contribution is 5.14. The van der Waals surface area contributed by atoms with Crippen molar-refractivity contribution in [3.63, 3.8) is 0 Å². The van der Waals surface area contributed by atoms with Gasteiger partial charge in [0.25, 0.3) is 0 Å². The number of hydrogen-bond acceptors (Lipinski definition) is 2. The Morgan fingerprint density at radius 1 is 1.14 bits per heavy atom. The van der Waals surface area contributed by atoms with Crippen LogP contribution in [0.2, 0.25) is 0 Å². The lowest BCUT2D eigenvalue weighted by atomic mass is 10.1. The van der Waals surface area contributed by atoms with Crippen LogP contribution in [0.25, 0.3) is 0 Å². The summed E-state index contributed by atoms with van der Waals surface area (Å²) in [4.78, 5) is 0. The minimum absolute atomic E-state index is 0.143. The number of rotatable bonds is 5. The first-order valence-corrected chi connectivity index (χ1v) is 5.07. The van der Waals surface area contributed by atoms with Gasteiger partial charge in [-0.15, -0.1) is 0 Å². The van der Waals surface area contributed by atoms with E-state index in [-0.39, 0.29) is 5.54 Å². The van der Waals surface area contributed by atoms with E-state index in [0.29, 0.717) is 0 Å². The summed E-state index contributed by atoms with van der Waals surface area (Å²) < 4.78 is 0. The van der Waals surface area contributed by atoms with Crippen LogP contribution in [0, 0.1) is 0 Å². The Labute approximate surface area is 86.7 Å². The SMILES string of the molecule is CNCC(C)(C)NCc1ccccc1. The molecule has 0 fully saturated rings. The van der Waals surface area contributed by atoms with E-state index in [0.717, 1.165) is 13.1 Å². The van der Waals surface area contributed by atoms with Crippen molar-refractivity contribution in [2.75, 3.05) is 13.6 Å². The largest absolute Gasteiger partial charge is 0.318 e. The lowest BCUT2D eigenvalue weighted by Gasteiger charge is -2.26. The normalized spacial score (nSPS) is 11.6. The summed E-state index contributed by atoms with van der Waals surface area (Å²) in [5, 5.41) is 6.70. The van der Waals surface area contributed by atoms with Gasteiger partial charge in [-0.25, -0.2) is 0 Å². The zero-order chi connectivity index (χ0) is 10.4. The van der Waals surface area contributed by atoms with Gasteiger partial charge in [0, 0.05) is 18.6 Å². The van der Waals surface area contributed by atoms with Crippen molar-refractivity contribution in [1.82, 2.24) is 10.6 Å². The second kappa shape index (κ2) is 5.13. The maximum absolute atomic E-state index is 3.51. The minimum atomic E-state index is 0.143. The highest BCUT2D eigenvalue weighted by atomic mass is 15.0. The molecule has 14 heavy (non-hydrogen) atoms. The molecule has 2 N–H and O–H groups in total. The molecule has 78 valence electrons. The fourth-order valence-corrected chi connectivity index (χ4v) is 1.44. The van der Waals surface area contributed by atoms with Crippen LogP contribution in [0.1, 0.15) is 19.4 Å². The van der Waals surface area contributed by atoms with Gasteiger partial charge in [-0.2, -0.15) is 0 Å². The van der Waals surface area contributed by atoms with E-state index < -0.39 is 0 Å². The van der Waals surface area contributed by atoms with Crippen LogP contribution in [-0.2, 0) is 6.54 Å². The Kier molecular flexibility index (Phi) is 4.11. The van der Waals surface area contributed by atoms with Gasteiger partial charge in [-0.3, -0.25) is 0 Å². The van der Waals surface area contributed by atoms with Crippen molar-refractivity contribution in [3.05, 3.63) is 35.9 Å². The third kappa shape index (κ3) is 3.90. The summed E-state index contributed by atoms with van der Waals surface area (Å²) >= 11 is 0. The Bertz CT molecular complexity index is 254. The van der Waals surface area contributed by atoms with E-state index in [1.165, 1.54) is 5.56 Å². The van der Waals surface area contributed by atoms with Crippen LogP contribution >= 0.6 is 0 Å². The first-order valence-electron chi connectivity index (χ1n) is 5.07. The molecule has 0 unspecified atom stereocenters. The number of likely N-dealkylation sites (N-methyl/N-ethyl adjacent to an activating group) is 1. The van der Waals surface area contributed by atoms with E-state index in [9.17, 15) is 0 Å². The standard InChI is InChI=1S/C12H20N2/c1-12(2,10-13-3)14-9-11-7-5-4-6-8-11/h4-8,13-14H,9-10H2,1-3H3. The molecular weight excluding hydrogens is 172 g/mol. The molecule has 1 rings (SSSR count). The van der Waals surface area contributed by atoms with E-state index in [2.05, 4.69) is 48.7 Å². The predicted molar refractivity (Wildman–Crippen MR) is 61.3 cm³/mol. The smallest absolute Gasteiger partial charge is 0.0252 e. The van der Waals surface area contributed by atoms with Crippen molar-refractivity contribution in [2.45, 2.75) is 25.9 Å². The van der Waals surface area contributed by atoms with Gasteiger partial charge in [-0.1, -0.05) is 30.3 Å². The second-order valence-electron chi connectivity index (χ2n) is 4.25. The Morgan fingerprint density at radius 2 is 1.79 bits per heavy atom. The highest BCUT2D eigenvalue weighted by Crippen LogP contribution is 2.03. The molecule has 1 aromatic carbocycles. The number of hydrogen-bond donors (Lipinski definition) is 2. The van der Waals surface area contributed by atoms with Gasteiger partial charge in [-0.05, 0) is 26.5 Å². The molecule has 1 aromatic rings. The predicted octanol–water partition coefficient (Wildman–Crippen LogP) is 1.77. The summed E-state index contributed by atoms with van der Waals surface area (Å²) in [5.74, 6) is 0. The summed E-state index contributed by atoms with van der Waals surface area (Å²) in [6, 6.07) is 10.5. The van der Waals surface area contributed by atoms with Gasteiger partial charge in [0.05, 0.1) is 0 Å². The first kappa shape index (κ1) is 11.2. The Morgan fingerprint density at radius 3 is 2.36 bits per heavy atom. The molecule has 0 aliphatic rings. The second-order valence-corrected chi connectivity index (χ2v) is 4.25. The van der Waals surface area contributed by atoms with Crippen molar-refractivity contribution < 1.29 is 0 Å². The highest BCUT2D eigenvalue weighted by Gasteiger charge is 2.14. The van der Waals surface area contributed by atoms with Gasteiger partial charge in [0.15, 0.2) is 0 Å². The average molecular weight is 192 g/mol. The van der Waals surface area contributed by atoms with Crippen LogP contribution in [0.4, 0.5) is 0 Å². The monoisotopic (exact) mass is 192 g/mol. The zero-order valence-corrected chi connectivity index (χ0v) is 9.30. The van der Waals surface area contributed by atoms with E-state index in [1.807, 2.05) is 13.1 Å². The molecular formula is C12H20N2. The molecule has 0 aromatic heterocycles. The van der Waals surface area contributed by atoms with Gasteiger partial charge in [0.1, 0.15) is 0 Å². The molecule has 0 aliphatic carbocycles. The number of benzene rings is 1. The molecule has 0 atom stereocenters. The molecule has 2 nitrogen and oxygen atoms in total. The van der Waals surface area contributed by atoms with Crippen LogP contribution in [0.5, 0.6) is 0 Å². The average Bonchev–Trinajstić information content (AvgIpc) is 2.17. The van der Waals surface area contributed by atoms with Crippen LogP contribution in [0.3, 0.4) is 0 Å². The fraction of sp³-hybridized carbons (Fsp3) is 0.500. The third-order valence-corrected chi connectivity index (χ3v) is 2.23. The van der Waals surface area contributed by atoms with Gasteiger partial charge < -0.3 is 10.6 Å². The van der Waals surface area contributed by atoms with E-state index >= 15 is 0 Å². The van der Waals surface area contributed by atoms with Crippen LogP contribution in [-0.4, -0.2) is 19.1 Å². The van der Waals surface area contributed by atoms with Crippen LogP contribution < -0.4 is 10.6 Å². The van der Waals surface area contributed by atoms with E-state index in [1.54, 1.807) is 0 Å². The summed E-state index contributed by atoms with van der Waals surface area (Å²) in [6.07, 6.45) is 0. The maximum atomic E-state index is 3.51. The molecule has 2 heteroatoms. The van der Waals surface area contributed by atoms with Crippen molar-refractivity contribution in [1.29, 1.82) is 0 Å². The van der Waals surface area contributed by atoms with E-state index in [4.69, 9.17) is 0 Å². The van der Waals surface area contributed by atoms with Crippen molar-refractivity contribution >= 4 is 0 Å². The first-order chi connectivity index (χ1) is 6.64. The topological polar surface area (TPSA) is 24.1 Å².